The Morgan fingerprint density at radius 2 is 1.95 bits per heavy atom. The van der Waals surface area contributed by atoms with Crippen molar-refractivity contribution < 1.29 is 13.2 Å². The summed E-state index contributed by atoms with van der Waals surface area (Å²) in [7, 11) is -1.38. The van der Waals surface area contributed by atoms with Crippen LogP contribution in [0.1, 0.15) is 12.0 Å². The van der Waals surface area contributed by atoms with Crippen molar-refractivity contribution in [3.63, 3.8) is 0 Å². The smallest absolute Gasteiger partial charge is 0.227 e. The maximum atomic E-state index is 12.1. The van der Waals surface area contributed by atoms with E-state index in [9.17, 15) is 13.2 Å². The summed E-state index contributed by atoms with van der Waals surface area (Å²) < 4.78 is 22.6. The summed E-state index contributed by atoms with van der Waals surface area (Å²) in [5, 5.41) is 1.21. The van der Waals surface area contributed by atoms with Gasteiger partial charge in [0.2, 0.25) is 5.91 Å². The Kier molecular flexibility index (Phi) is 3.75. The van der Waals surface area contributed by atoms with Crippen molar-refractivity contribution in [2.75, 3.05) is 17.7 Å². The van der Waals surface area contributed by atoms with E-state index in [-0.39, 0.29) is 24.0 Å². The molecule has 0 fully saturated rings. The van der Waals surface area contributed by atoms with Crippen molar-refractivity contribution in [1.82, 2.24) is 0 Å². The molecule has 0 saturated heterocycles. The van der Waals surface area contributed by atoms with Crippen molar-refractivity contribution in [2.24, 2.45) is 5.92 Å². The summed E-state index contributed by atoms with van der Waals surface area (Å²) in [5.74, 6) is -0.235. The first-order chi connectivity index (χ1) is 8.87. The SMILES string of the molecule is Cc1ccc(N(C)C(=O)CC2C=CS(=O)(=O)C2)cc1. The van der Waals surface area contributed by atoms with Crippen LogP contribution in [-0.4, -0.2) is 27.1 Å². The molecule has 1 aliphatic heterocycles. The number of rotatable bonds is 3. The Bertz CT molecular complexity index is 602. The van der Waals surface area contributed by atoms with Crippen molar-refractivity contribution in [1.29, 1.82) is 0 Å². The molecule has 0 bridgehead atoms. The molecule has 1 amide bonds. The molecule has 4 nitrogen and oxygen atoms in total. The topological polar surface area (TPSA) is 54.5 Å². The molecule has 0 saturated carbocycles. The highest BCUT2D eigenvalue weighted by atomic mass is 32.2. The van der Waals surface area contributed by atoms with E-state index >= 15 is 0 Å². The van der Waals surface area contributed by atoms with Gasteiger partial charge in [-0.2, -0.15) is 0 Å². The first-order valence-corrected chi connectivity index (χ1v) is 7.83. The third-order valence-electron chi connectivity index (χ3n) is 3.24. The number of aryl methyl sites for hydroxylation is 1. The minimum absolute atomic E-state index is 0.0421. The highest BCUT2D eigenvalue weighted by Crippen LogP contribution is 2.21. The highest BCUT2D eigenvalue weighted by Gasteiger charge is 2.25. The lowest BCUT2D eigenvalue weighted by molar-refractivity contribution is -0.118. The number of benzene rings is 1. The molecule has 0 N–H and O–H groups in total. The van der Waals surface area contributed by atoms with Gasteiger partial charge in [0.25, 0.3) is 0 Å². The van der Waals surface area contributed by atoms with Gasteiger partial charge in [-0.15, -0.1) is 0 Å². The molecule has 0 spiro atoms. The summed E-state index contributed by atoms with van der Waals surface area (Å²) in [5.41, 5.74) is 1.95. The number of hydrogen-bond donors (Lipinski definition) is 0. The molecule has 1 heterocycles. The van der Waals surface area contributed by atoms with Crippen LogP contribution in [0.3, 0.4) is 0 Å². The van der Waals surface area contributed by atoms with Crippen molar-refractivity contribution in [2.45, 2.75) is 13.3 Å². The van der Waals surface area contributed by atoms with E-state index in [0.29, 0.717) is 0 Å². The molecule has 19 heavy (non-hydrogen) atoms. The lowest BCUT2D eigenvalue weighted by Crippen LogP contribution is -2.28. The van der Waals surface area contributed by atoms with Crippen molar-refractivity contribution in [3.8, 4) is 0 Å². The fourth-order valence-electron chi connectivity index (χ4n) is 2.04. The van der Waals surface area contributed by atoms with Gasteiger partial charge in [0.15, 0.2) is 9.84 Å². The van der Waals surface area contributed by atoms with Gasteiger partial charge in [0, 0.05) is 30.5 Å². The van der Waals surface area contributed by atoms with Gasteiger partial charge < -0.3 is 4.90 Å². The van der Waals surface area contributed by atoms with E-state index in [1.54, 1.807) is 18.0 Å². The number of hydrogen-bond acceptors (Lipinski definition) is 3. The zero-order valence-electron chi connectivity index (χ0n) is 11.0. The van der Waals surface area contributed by atoms with Crippen LogP contribution in [0, 0.1) is 12.8 Å². The molecule has 1 atom stereocenters. The predicted octanol–water partition coefficient (Wildman–Crippen LogP) is 1.91. The monoisotopic (exact) mass is 279 g/mol. The molecular formula is C14H17NO3S. The van der Waals surface area contributed by atoms with Gasteiger partial charge >= 0.3 is 0 Å². The molecule has 5 heteroatoms. The summed E-state index contributed by atoms with van der Waals surface area (Å²) in [6, 6.07) is 7.65. The molecule has 1 aliphatic rings. The molecule has 0 aliphatic carbocycles. The second-order valence-corrected chi connectivity index (χ2v) is 6.84. The zero-order chi connectivity index (χ0) is 14.0. The van der Waals surface area contributed by atoms with Crippen LogP contribution in [0.15, 0.2) is 35.7 Å². The van der Waals surface area contributed by atoms with Crippen molar-refractivity contribution in [3.05, 3.63) is 41.3 Å². The Balaban J connectivity index is 2.01. The second-order valence-electron chi connectivity index (χ2n) is 4.91. The van der Waals surface area contributed by atoms with Gasteiger partial charge in [-0.05, 0) is 19.1 Å². The molecule has 102 valence electrons. The van der Waals surface area contributed by atoms with Crippen LogP contribution in [0.2, 0.25) is 0 Å². The van der Waals surface area contributed by atoms with E-state index in [0.717, 1.165) is 11.3 Å². The number of amides is 1. The van der Waals surface area contributed by atoms with Crippen molar-refractivity contribution >= 4 is 21.4 Å². The standard InChI is InChI=1S/C14H17NO3S/c1-11-3-5-13(6-4-11)15(2)14(16)9-12-7-8-19(17,18)10-12/h3-8,12H,9-10H2,1-2H3. The summed E-state index contributed by atoms with van der Waals surface area (Å²) >= 11 is 0. The van der Waals surface area contributed by atoms with Gasteiger partial charge in [-0.1, -0.05) is 23.8 Å². The van der Waals surface area contributed by atoms with Gasteiger partial charge in [0.1, 0.15) is 0 Å². The second kappa shape index (κ2) is 5.17. The Labute approximate surface area is 113 Å². The Morgan fingerprint density at radius 1 is 1.32 bits per heavy atom. The average Bonchev–Trinajstić information content (AvgIpc) is 2.68. The lowest BCUT2D eigenvalue weighted by Gasteiger charge is -2.19. The third-order valence-corrected chi connectivity index (χ3v) is 4.70. The van der Waals surface area contributed by atoms with E-state index in [2.05, 4.69) is 0 Å². The lowest BCUT2D eigenvalue weighted by atomic mass is 10.1. The van der Waals surface area contributed by atoms with Crippen LogP contribution >= 0.6 is 0 Å². The number of nitrogens with zero attached hydrogens (tertiary/aromatic N) is 1. The molecule has 0 aromatic heterocycles. The van der Waals surface area contributed by atoms with Crippen LogP contribution in [0.25, 0.3) is 0 Å². The van der Waals surface area contributed by atoms with Crippen LogP contribution in [-0.2, 0) is 14.6 Å². The molecule has 2 rings (SSSR count). The average molecular weight is 279 g/mol. The molecule has 0 radical (unpaired) electrons. The zero-order valence-corrected chi connectivity index (χ0v) is 11.9. The first kappa shape index (κ1) is 13.8. The van der Waals surface area contributed by atoms with Gasteiger partial charge in [0.05, 0.1) is 5.75 Å². The normalized spacial score (nSPS) is 20.4. The molecule has 1 aromatic carbocycles. The number of sulfone groups is 1. The van der Waals surface area contributed by atoms with Gasteiger partial charge in [-0.25, -0.2) is 8.42 Å². The number of anilines is 1. The Morgan fingerprint density at radius 3 is 2.47 bits per heavy atom. The maximum Gasteiger partial charge on any atom is 0.227 e. The largest absolute Gasteiger partial charge is 0.315 e. The molecule has 1 unspecified atom stereocenters. The quantitative estimate of drug-likeness (QED) is 0.849. The maximum absolute atomic E-state index is 12.1. The third kappa shape index (κ3) is 3.44. The predicted molar refractivity (Wildman–Crippen MR) is 75.6 cm³/mol. The Hall–Kier alpha value is -1.62. The minimum Gasteiger partial charge on any atom is -0.315 e. The van der Waals surface area contributed by atoms with E-state index < -0.39 is 9.84 Å². The fraction of sp³-hybridized carbons (Fsp3) is 0.357. The van der Waals surface area contributed by atoms with E-state index in [1.165, 1.54) is 5.41 Å². The summed E-state index contributed by atoms with van der Waals surface area (Å²) in [6.45, 7) is 1.99. The number of allylic oxidation sites excluding steroid dienone is 1. The number of carbonyl (C=O) groups excluding carboxylic acids is 1. The van der Waals surface area contributed by atoms with E-state index in [4.69, 9.17) is 0 Å². The first-order valence-electron chi connectivity index (χ1n) is 6.11. The van der Waals surface area contributed by atoms with Crippen LogP contribution in [0.4, 0.5) is 5.69 Å². The van der Waals surface area contributed by atoms with Crippen LogP contribution in [0.5, 0.6) is 0 Å². The fourth-order valence-corrected chi connectivity index (χ4v) is 3.44. The summed E-state index contributed by atoms with van der Waals surface area (Å²) in [4.78, 5) is 13.7. The molecular weight excluding hydrogens is 262 g/mol. The summed E-state index contributed by atoms with van der Waals surface area (Å²) in [6.07, 6.45) is 1.83. The minimum atomic E-state index is -3.09. The highest BCUT2D eigenvalue weighted by molar-refractivity contribution is 7.94. The van der Waals surface area contributed by atoms with E-state index in [1.807, 2.05) is 31.2 Å². The van der Waals surface area contributed by atoms with Gasteiger partial charge in [-0.3, -0.25) is 4.79 Å². The van der Waals surface area contributed by atoms with Crippen LogP contribution < -0.4 is 4.90 Å². The molecule has 1 aromatic rings. The number of carbonyl (C=O) groups is 1.